The number of azo groups is 1. The van der Waals surface area contributed by atoms with E-state index in [1.807, 2.05) is 0 Å². The molecular weight excluding hydrogens is 328 g/mol. The number of pyridine rings is 2. The van der Waals surface area contributed by atoms with E-state index < -0.39 is 58.4 Å². The highest BCUT2D eigenvalue weighted by atomic mass is 19.2. The Labute approximate surface area is 115 Å². The second-order valence-electron chi connectivity index (χ2n) is 3.54. The summed E-state index contributed by atoms with van der Waals surface area (Å²) >= 11 is 0. The van der Waals surface area contributed by atoms with Crippen LogP contribution in [0, 0.1) is 47.1 Å². The summed E-state index contributed by atoms with van der Waals surface area (Å²) in [6.07, 6.45) is 0. The van der Waals surface area contributed by atoms with Crippen molar-refractivity contribution < 1.29 is 35.1 Å². The summed E-state index contributed by atoms with van der Waals surface area (Å²) in [6, 6.07) is 0. The van der Waals surface area contributed by atoms with E-state index in [0.29, 0.717) is 0 Å². The third-order valence-corrected chi connectivity index (χ3v) is 2.20. The molecule has 0 bridgehead atoms. The second-order valence-corrected chi connectivity index (χ2v) is 3.54. The number of aromatic nitrogens is 2. The van der Waals surface area contributed by atoms with Gasteiger partial charge in [0.2, 0.25) is 23.3 Å². The van der Waals surface area contributed by atoms with Crippen molar-refractivity contribution in [3.8, 4) is 0 Å². The molecule has 0 fully saturated rings. The zero-order chi connectivity index (χ0) is 16.6. The fourth-order valence-corrected chi connectivity index (χ4v) is 1.23. The molecule has 0 saturated heterocycles. The highest BCUT2D eigenvalue weighted by molar-refractivity contribution is 5.42. The van der Waals surface area contributed by atoms with E-state index in [-0.39, 0.29) is 0 Å². The number of hydrogen-bond acceptors (Lipinski definition) is 4. The van der Waals surface area contributed by atoms with Gasteiger partial charge in [-0.2, -0.15) is 45.1 Å². The molecule has 0 spiro atoms. The van der Waals surface area contributed by atoms with Gasteiger partial charge in [0.1, 0.15) is 0 Å². The third-order valence-electron chi connectivity index (χ3n) is 2.20. The third kappa shape index (κ3) is 2.58. The van der Waals surface area contributed by atoms with Crippen molar-refractivity contribution in [1.82, 2.24) is 9.97 Å². The fourth-order valence-electron chi connectivity index (χ4n) is 1.23. The molecule has 0 aliphatic heterocycles. The van der Waals surface area contributed by atoms with Crippen LogP contribution in [0.3, 0.4) is 0 Å². The normalized spacial score (nSPS) is 11.5. The molecule has 0 saturated carbocycles. The van der Waals surface area contributed by atoms with Crippen LogP contribution in [0.1, 0.15) is 0 Å². The monoisotopic (exact) mass is 328 g/mol. The van der Waals surface area contributed by atoms with E-state index >= 15 is 0 Å². The maximum Gasteiger partial charge on any atom is 0.254 e. The minimum Gasteiger partial charge on any atom is -0.199 e. The highest BCUT2D eigenvalue weighted by Crippen LogP contribution is 2.30. The molecule has 2 aromatic rings. The van der Waals surface area contributed by atoms with Crippen LogP contribution in [0.15, 0.2) is 10.2 Å². The summed E-state index contributed by atoms with van der Waals surface area (Å²) < 4.78 is 104. The van der Waals surface area contributed by atoms with Crippen LogP contribution in [0.4, 0.5) is 46.5 Å². The predicted molar refractivity (Wildman–Crippen MR) is 52.3 cm³/mol. The average molecular weight is 328 g/mol. The van der Waals surface area contributed by atoms with Gasteiger partial charge in [-0.1, -0.05) is 0 Å². The number of rotatable bonds is 2. The SMILES string of the molecule is Fc1nc(F)c(F)c(N=Nc2c(F)c(F)nc(F)c2F)c1F. The van der Waals surface area contributed by atoms with E-state index in [1.54, 1.807) is 0 Å². The zero-order valence-electron chi connectivity index (χ0n) is 9.81. The molecule has 0 amide bonds. The number of halogens is 8. The topological polar surface area (TPSA) is 50.5 Å². The van der Waals surface area contributed by atoms with Gasteiger partial charge >= 0.3 is 0 Å². The predicted octanol–water partition coefficient (Wildman–Crippen LogP) is 4.00. The Morgan fingerprint density at radius 1 is 0.455 bits per heavy atom. The van der Waals surface area contributed by atoms with Crippen LogP contribution in [0.25, 0.3) is 0 Å². The molecule has 0 unspecified atom stereocenters. The highest BCUT2D eigenvalue weighted by Gasteiger charge is 2.23. The smallest absolute Gasteiger partial charge is 0.199 e. The van der Waals surface area contributed by atoms with Crippen molar-refractivity contribution in [2.24, 2.45) is 10.2 Å². The lowest BCUT2D eigenvalue weighted by Crippen LogP contribution is -2.00. The van der Waals surface area contributed by atoms with Crippen LogP contribution in [0.5, 0.6) is 0 Å². The first-order valence-corrected chi connectivity index (χ1v) is 5.05. The van der Waals surface area contributed by atoms with Crippen LogP contribution in [-0.4, -0.2) is 9.97 Å². The van der Waals surface area contributed by atoms with Gasteiger partial charge in [-0.15, -0.1) is 10.2 Å². The molecule has 0 N–H and O–H groups in total. The van der Waals surface area contributed by atoms with Crippen molar-refractivity contribution in [3.05, 3.63) is 47.1 Å². The minimum atomic E-state index is -2.13. The largest absolute Gasteiger partial charge is 0.254 e. The van der Waals surface area contributed by atoms with Gasteiger partial charge in [0.05, 0.1) is 0 Å². The summed E-state index contributed by atoms with van der Waals surface area (Å²) in [4.78, 5) is 4.38. The van der Waals surface area contributed by atoms with Gasteiger partial charge < -0.3 is 0 Å². The van der Waals surface area contributed by atoms with Crippen molar-refractivity contribution in [2.75, 3.05) is 0 Å². The Hall–Kier alpha value is -2.66. The van der Waals surface area contributed by atoms with Crippen molar-refractivity contribution in [1.29, 1.82) is 0 Å². The van der Waals surface area contributed by atoms with Crippen LogP contribution >= 0.6 is 0 Å². The summed E-state index contributed by atoms with van der Waals surface area (Å²) in [7, 11) is 0. The van der Waals surface area contributed by atoms with Crippen molar-refractivity contribution >= 4 is 11.4 Å². The molecule has 22 heavy (non-hydrogen) atoms. The summed E-state index contributed by atoms with van der Waals surface area (Å²) in [5.74, 6) is -16.9. The molecule has 116 valence electrons. The van der Waals surface area contributed by atoms with E-state index in [1.165, 1.54) is 0 Å². The van der Waals surface area contributed by atoms with Crippen LogP contribution in [-0.2, 0) is 0 Å². The molecule has 0 aromatic carbocycles. The maximum atomic E-state index is 13.2. The average Bonchev–Trinajstić information content (AvgIpc) is 2.46. The van der Waals surface area contributed by atoms with Gasteiger partial charge in [-0.3, -0.25) is 0 Å². The molecule has 0 aliphatic rings. The van der Waals surface area contributed by atoms with Crippen LogP contribution in [0.2, 0.25) is 0 Å². The molecule has 0 aliphatic carbocycles. The van der Waals surface area contributed by atoms with Gasteiger partial charge in [0, 0.05) is 0 Å². The molecule has 0 radical (unpaired) electrons. The van der Waals surface area contributed by atoms with Crippen molar-refractivity contribution in [3.63, 3.8) is 0 Å². The fraction of sp³-hybridized carbons (Fsp3) is 0. The first-order chi connectivity index (χ1) is 10.2. The summed E-state index contributed by atoms with van der Waals surface area (Å²) in [5.41, 5.74) is -3.47. The lowest BCUT2D eigenvalue weighted by molar-refractivity contribution is 0.406. The molecule has 0 atom stereocenters. The first-order valence-electron chi connectivity index (χ1n) is 5.05. The standard InChI is InChI=1S/C10F8N4/c11-1-5(2(12)8(16)19-7(1)15)21-22-6-3(13)9(17)20-10(18)4(6)14. The Bertz CT molecular complexity index is 673. The van der Waals surface area contributed by atoms with E-state index in [2.05, 4.69) is 20.2 Å². The first kappa shape index (κ1) is 15.7. The van der Waals surface area contributed by atoms with E-state index in [4.69, 9.17) is 0 Å². The quantitative estimate of drug-likeness (QED) is 0.475. The molecule has 2 aromatic heterocycles. The lowest BCUT2D eigenvalue weighted by atomic mass is 10.3. The number of hydrogen-bond donors (Lipinski definition) is 0. The number of nitrogens with zero attached hydrogens (tertiary/aromatic N) is 4. The van der Waals surface area contributed by atoms with E-state index in [9.17, 15) is 35.1 Å². The molecule has 12 heteroatoms. The molecule has 2 rings (SSSR count). The Morgan fingerprint density at radius 3 is 0.909 bits per heavy atom. The summed E-state index contributed by atoms with van der Waals surface area (Å²) in [6.45, 7) is 0. The van der Waals surface area contributed by atoms with Gasteiger partial charge in [-0.05, 0) is 0 Å². The Morgan fingerprint density at radius 2 is 0.682 bits per heavy atom. The molecular formula is C10F8N4. The van der Waals surface area contributed by atoms with E-state index in [0.717, 1.165) is 0 Å². The second kappa shape index (κ2) is 5.61. The molecule has 4 nitrogen and oxygen atoms in total. The van der Waals surface area contributed by atoms with Gasteiger partial charge in [-0.25, -0.2) is 0 Å². The van der Waals surface area contributed by atoms with Crippen molar-refractivity contribution in [2.45, 2.75) is 0 Å². The Kier molecular flexibility index (Phi) is 4.01. The lowest BCUT2D eigenvalue weighted by Gasteiger charge is -2.02. The van der Waals surface area contributed by atoms with Gasteiger partial charge in [0.15, 0.2) is 11.4 Å². The van der Waals surface area contributed by atoms with Crippen LogP contribution < -0.4 is 0 Å². The Balaban J connectivity index is 2.60. The maximum absolute atomic E-state index is 13.2. The summed E-state index contributed by atoms with van der Waals surface area (Å²) in [5, 5.41) is 5.03. The zero-order valence-corrected chi connectivity index (χ0v) is 9.81. The minimum absolute atomic E-state index is 1.73. The molecule has 2 heterocycles. The van der Waals surface area contributed by atoms with Gasteiger partial charge in [0.25, 0.3) is 23.8 Å².